The fourth-order valence-corrected chi connectivity index (χ4v) is 4.52. The Morgan fingerprint density at radius 3 is 2.58 bits per heavy atom. The van der Waals surface area contributed by atoms with Crippen LogP contribution in [0.25, 0.3) is 0 Å². The number of aryl methyl sites for hydroxylation is 2. The minimum atomic E-state index is 0.0544. The molecule has 8 heteroatoms. The molecule has 1 atom stereocenters. The maximum Gasteiger partial charge on any atom is 0.0843 e. The molecule has 0 saturated carbocycles. The van der Waals surface area contributed by atoms with Crippen LogP contribution in [0.1, 0.15) is 22.3 Å². The Morgan fingerprint density at radius 1 is 1.47 bits per heavy atom. The molecule has 19 heavy (non-hydrogen) atoms. The van der Waals surface area contributed by atoms with E-state index in [4.69, 9.17) is 5.84 Å². The van der Waals surface area contributed by atoms with Crippen LogP contribution in [0.3, 0.4) is 0 Å². The third-order valence-corrected chi connectivity index (χ3v) is 7.27. The average molecular weight is 473 g/mol. The third-order valence-electron chi connectivity index (χ3n) is 2.87. The lowest BCUT2D eigenvalue weighted by Crippen LogP contribution is -2.29. The van der Waals surface area contributed by atoms with Gasteiger partial charge in [-0.3, -0.25) is 16.0 Å². The summed E-state index contributed by atoms with van der Waals surface area (Å²) >= 11 is 12.3. The van der Waals surface area contributed by atoms with Crippen molar-refractivity contribution < 1.29 is 0 Å². The molecule has 0 aliphatic rings. The summed E-state index contributed by atoms with van der Waals surface area (Å²) in [4.78, 5) is 1.17. The van der Waals surface area contributed by atoms with Crippen LogP contribution < -0.4 is 11.3 Å². The Hall–Kier alpha value is 0.270. The van der Waals surface area contributed by atoms with Crippen molar-refractivity contribution >= 4 is 59.1 Å². The Kier molecular flexibility index (Phi) is 5.24. The standard InChI is InChI=1S/C11H13Br3N4S/c1-5-10(13)8(18(2)17-5)4-7(16-15)9-3-6(12)11(14)19-9/h3,7,16H,4,15H2,1-2H3. The number of aromatic nitrogens is 2. The predicted octanol–water partition coefficient (Wildman–Crippen LogP) is 3.82. The number of hydrogen-bond donors (Lipinski definition) is 2. The molecule has 2 aromatic rings. The van der Waals surface area contributed by atoms with E-state index in [2.05, 4.69) is 64.4 Å². The first kappa shape index (κ1) is 15.7. The van der Waals surface area contributed by atoms with Crippen molar-refractivity contribution in [1.29, 1.82) is 0 Å². The van der Waals surface area contributed by atoms with E-state index in [-0.39, 0.29) is 6.04 Å². The van der Waals surface area contributed by atoms with Gasteiger partial charge in [0.15, 0.2) is 0 Å². The zero-order valence-electron chi connectivity index (χ0n) is 10.4. The van der Waals surface area contributed by atoms with Gasteiger partial charge in [-0.15, -0.1) is 11.3 Å². The number of rotatable bonds is 4. The van der Waals surface area contributed by atoms with Crippen molar-refractivity contribution in [3.05, 3.63) is 35.1 Å². The minimum absolute atomic E-state index is 0.0544. The molecule has 4 nitrogen and oxygen atoms in total. The number of thiophene rings is 1. The molecule has 1 unspecified atom stereocenters. The SMILES string of the molecule is Cc1nn(C)c(CC(NN)c2cc(Br)c(Br)s2)c1Br. The molecule has 0 aliphatic heterocycles. The molecule has 0 aliphatic carbocycles. The zero-order chi connectivity index (χ0) is 14.2. The van der Waals surface area contributed by atoms with Crippen molar-refractivity contribution in [2.75, 3.05) is 0 Å². The van der Waals surface area contributed by atoms with Gasteiger partial charge in [-0.25, -0.2) is 0 Å². The molecule has 3 N–H and O–H groups in total. The van der Waals surface area contributed by atoms with E-state index in [1.54, 1.807) is 11.3 Å². The monoisotopic (exact) mass is 470 g/mol. The van der Waals surface area contributed by atoms with Crippen LogP contribution in [0, 0.1) is 6.92 Å². The smallest absolute Gasteiger partial charge is 0.0843 e. The number of nitrogens with one attached hydrogen (secondary N) is 1. The highest BCUT2D eigenvalue weighted by atomic mass is 79.9. The van der Waals surface area contributed by atoms with E-state index in [9.17, 15) is 0 Å². The van der Waals surface area contributed by atoms with Crippen molar-refractivity contribution in [2.24, 2.45) is 12.9 Å². The molecule has 0 aromatic carbocycles. The van der Waals surface area contributed by atoms with Crippen LogP contribution in [-0.4, -0.2) is 9.78 Å². The normalized spacial score (nSPS) is 12.9. The van der Waals surface area contributed by atoms with Crippen molar-refractivity contribution in [1.82, 2.24) is 15.2 Å². The van der Waals surface area contributed by atoms with Gasteiger partial charge in [-0.05, 0) is 60.8 Å². The minimum Gasteiger partial charge on any atom is -0.271 e. The summed E-state index contributed by atoms with van der Waals surface area (Å²) in [5, 5.41) is 4.40. The second-order valence-electron chi connectivity index (χ2n) is 4.16. The van der Waals surface area contributed by atoms with Gasteiger partial charge < -0.3 is 0 Å². The van der Waals surface area contributed by atoms with Crippen LogP contribution in [0.15, 0.2) is 18.8 Å². The fraction of sp³-hybridized carbons (Fsp3) is 0.364. The molecule has 2 heterocycles. The van der Waals surface area contributed by atoms with Crippen molar-refractivity contribution in [3.63, 3.8) is 0 Å². The van der Waals surface area contributed by atoms with Crippen LogP contribution in [-0.2, 0) is 13.5 Å². The Morgan fingerprint density at radius 2 is 2.16 bits per heavy atom. The Balaban J connectivity index is 2.29. The summed E-state index contributed by atoms with van der Waals surface area (Å²) in [6, 6.07) is 2.13. The lowest BCUT2D eigenvalue weighted by molar-refractivity contribution is 0.536. The molecule has 0 saturated heterocycles. The van der Waals surface area contributed by atoms with Gasteiger partial charge in [0.05, 0.1) is 25.7 Å². The number of nitrogens with zero attached hydrogens (tertiary/aromatic N) is 2. The predicted molar refractivity (Wildman–Crippen MR) is 89.1 cm³/mol. The quantitative estimate of drug-likeness (QED) is 0.525. The van der Waals surface area contributed by atoms with Crippen LogP contribution >= 0.6 is 59.1 Å². The Bertz CT molecular complexity index is 574. The average Bonchev–Trinajstić information content (AvgIpc) is 2.80. The lowest BCUT2D eigenvalue weighted by atomic mass is 10.1. The van der Waals surface area contributed by atoms with Gasteiger partial charge in [0, 0.05) is 22.8 Å². The first-order valence-corrected chi connectivity index (χ1v) is 8.72. The molecule has 104 valence electrons. The summed E-state index contributed by atoms with van der Waals surface area (Å²) in [5.41, 5.74) is 4.99. The van der Waals surface area contributed by atoms with Crippen LogP contribution in [0.5, 0.6) is 0 Å². The largest absolute Gasteiger partial charge is 0.271 e. The number of hydrogen-bond acceptors (Lipinski definition) is 4. The van der Waals surface area contributed by atoms with E-state index in [1.807, 2.05) is 18.7 Å². The van der Waals surface area contributed by atoms with E-state index in [1.165, 1.54) is 4.88 Å². The first-order valence-electron chi connectivity index (χ1n) is 5.52. The van der Waals surface area contributed by atoms with Crippen molar-refractivity contribution in [2.45, 2.75) is 19.4 Å². The topological polar surface area (TPSA) is 55.9 Å². The molecular weight excluding hydrogens is 460 g/mol. The summed E-state index contributed by atoms with van der Waals surface area (Å²) in [6.45, 7) is 1.98. The zero-order valence-corrected chi connectivity index (χ0v) is 16.0. The summed E-state index contributed by atoms with van der Waals surface area (Å²) in [6.07, 6.45) is 0.772. The van der Waals surface area contributed by atoms with E-state index in [0.717, 1.165) is 30.5 Å². The molecule has 0 bridgehead atoms. The van der Waals surface area contributed by atoms with E-state index in [0.29, 0.717) is 0 Å². The van der Waals surface area contributed by atoms with Crippen LogP contribution in [0.4, 0.5) is 0 Å². The number of hydrazine groups is 1. The summed E-state index contributed by atoms with van der Waals surface area (Å²) in [7, 11) is 1.95. The molecule has 2 aromatic heterocycles. The van der Waals surface area contributed by atoms with Gasteiger partial charge in [0.25, 0.3) is 0 Å². The van der Waals surface area contributed by atoms with Gasteiger partial charge in [-0.2, -0.15) is 5.10 Å². The van der Waals surface area contributed by atoms with Crippen LogP contribution in [0.2, 0.25) is 0 Å². The summed E-state index contributed by atoms with van der Waals surface area (Å²) in [5.74, 6) is 5.70. The van der Waals surface area contributed by atoms with Gasteiger partial charge >= 0.3 is 0 Å². The molecule has 0 amide bonds. The highest BCUT2D eigenvalue weighted by Gasteiger charge is 2.19. The highest BCUT2D eigenvalue weighted by Crippen LogP contribution is 2.37. The number of halogens is 3. The second-order valence-corrected chi connectivity index (χ2v) is 8.21. The second kappa shape index (κ2) is 6.36. The fourth-order valence-electron chi connectivity index (χ4n) is 1.87. The lowest BCUT2D eigenvalue weighted by Gasteiger charge is -2.14. The molecule has 0 radical (unpaired) electrons. The van der Waals surface area contributed by atoms with Crippen molar-refractivity contribution in [3.8, 4) is 0 Å². The first-order chi connectivity index (χ1) is 8.93. The van der Waals surface area contributed by atoms with Gasteiger partial charge in [-0.1, -0.05) is 0 Å². The molecule has 2 rings (SSSR count). The Labute approximate surface area is 141 Å². The third kappa shape index (κ3) is 3.30. The summed E-state index contributed by atoms with van der Waals surface area (Å²) < 4.78 is 5.06. The molecule has 0 fully saturated rings. The van der Waals surface area contributed by atoms with E-state index >= 15 is 0 Å². The van der Waals surface area contributed by atoms with Gasteiger partial charge in [0.1, 0.15) is 0 Å². The van der Waals surface area contributed by atoms with E-state index < -0.39 is 0 Å². The number of nitrogens with two attached hydrogens (primary N) is 1. The maximum atomic E-state index is 5.70. The molecular formula is C11H13Br3N4S. The highest BCUT2D eigenvalue weighted by molar-refractivity contribution is 9.13. The van der Waals surface area contributed by atoms with Gasteiger partial charge in [0.2, 0.25) is 0 Å². The molecule has 0 spiro atoms. The maximum absolute atomic E-state index is 5.70.